The molecule has 22 heavy (non-hydrogen) atoms. The highest BCUT2D eigenvalue weighted by Crippen LogP contribution is 2.26. The average molecular weight is 303 g/mol. The molecule has 0 bridgehead atoms. The summed E-state index contributed by atoms with van der Waals surface area (Å²) in [5.74, 6) is -0.245. The third-order valence-corrected chi connectivity index (χ3v) is 4.08. The fraction of sp³-hybridized carbons (Fsp3) is 0.500. The van der Waals surface area contributed by atoms with Gasteiger partial charge in [-0.1, -0.05) is 0 Å². The second kappa shape index (κ2) is 6.08. The first kappa shape index (κ1) is 14.4. The van der Waals surface area contributed by atoms with Crippen LogP contribution in [0.5, 0.6) is 0 Å². The summed E-state index contributed by atoms with van der Waals surface area (Å²) in [5, 5.41) is 2.41. The molecule has 0 radical (unpaired) electrons. The maximum atomic E-state index is 12.2. The van der Waals surface area contributed by atoms with Crippen molar-refractivity contribution in [1.82, 2.24) is 25.1 Å². The monoisotopic (exact) mass is 303 g/mol. The van der Waals surface area contributed by atoms with E-state index >= 15 is 0 Å². The van der Waals surface area contributed by atoms with Gasteiger partial charge in [-0.05, 0) is 12.8 Å². The maximum absolute atomic E-state index is 12.2. The third kappa shape index (κ3) is 2.90. The van der Waals surface area contributed by atoms with Gasteiger partial charge < -0.3 is 10.2 Å². The number of likely N-dealkylation sites (tertiary alicyclic amines) is 1. The lowest BCUT2D eigenvalue weighted by molar-refractivity contribution is -0.137. The highest BCUT2D eigenvalue weighted by molar-refractivity contribution is 6.04. The number of carbonyl (C=O) groups excluding carboxylic acids is 3. The van der Waals surface area contributed by atoms with Crippen LogP contribution in [0, 0.1) is 0 Å². The van der Waals surface area contributed by atoms with Crippen LogP contribution >= 0.6 is 0 Å². The van der Waals surface area contributed by atoms with Crippen molar-refractivity contribution in [2.24, 2.45) is 0 Å². The Bertz CT molecular complexity index is 567. The van der Waals surface area contributed by atoms with Crippen molar-refractivity contribution >= 4 is 17.8 Å². The van der Waals surface area contributed by atoms with Crippen LogP contribution in [0.3, 0.4) is 0 Å². The molecule has 0 unspecified atom stereocenters. The van der Waals surface area contributed by atoms with Crippen LogP contribution in [-0.4, -0.2) is 63.8 Å². The molecule has 2 saturated heterocycles. The van der Waals surface area contributed by atoms with Gasteiger partial charge in [0, 0.05) is 37.6 Å². The molecule has 0 aromatic carbocycles. The zero-order valence-electron chi connectivity index (χ0n) is 12.1. The zero-order valence-corrected chi connectivity index (χ0v) is 12.1. The predicted octanol–water partition coefficient (Wildman–Crippen LogP) is -0.266. The van der Waals surface area contributed by atoms with Crippen molar-refractivity contribution in [1.29, 1.82) is 0 Å². The van der Waals surface area contributed by atoms with Gasteiger partial charge in [-0.25, -0.2) is 4.79 Å². The van der Waals surface area contributed by atoms with Crippen molar-refractivity contribution in [3.63, 3.8) is 0 Å². The molecule has 1 aromatic rings. The molecule has 4 amide bonds. The normalized spacial score (nSPS) is 19.5. The van der Waals surface area contributed by atoms with Gasteiger partial charge in [0.1, 0.15) is 6.54 Å². The molecule has 0 spiro atoms. The molecule has 2 aliphatic heterocycles. The number of urea groups is 1. The number of aromatic nitrogens is 2. The Morgan fingerprint density at radius 1 is 1.27 bits per heavy atom. The quantitative estimate of drug-likeness (QED) is 0.776. The molecule has 0 aliphatic carbocycles. The highest BCUT2D eigenvalue weighted by Gasteiger charge is 2.32. The molecular formula is C14H17N5O3. The Morgan fingerprint density at radius 2 is 2.05 bits per heavy atom. The van der Waals surface area contributed by atoms with Gasteiger partial charge in [0.15, 0.2) is 0 Å². The minimum atomic E-state index is -0.493. The van der Waals surface area contributed by atoms with Crippen molar-refractivity contribution in [2.75, 3.05) is 26.2 Å². The lowest BCUT2D eigenvalue weighted by Crippen LogP contribution is -2.45. The minimum Gasteiger partial charge on any atom is -0.341 e. The molecule has 2 fully saturated rings. The van der Waals surface area contributed by atoms with Crippen LogP contribution < -0.4 is 5.32 Å². The van der Waals surface area contributed by atoms with Crippen LogP contribution in [0.4, 0.5) is 4.79 Å². The Hall–Kier alpha value is -2.51. The molecular weight excluding hydrogens is 286 g/mol. The Kier molecular flexibility index (Phi) is 3.99. The molecule has 8 heteroatoms. The molecule has 1 N–H and O–H groups in total. The molecule has 8 nitrogen and oxygen atoms in total. The molecule has 0 saturated carbocycles. The number of amides is 4. The summed E-state index contributed by atoms with van der Waals surface area (Å²) in [6.07, 6.45) is 6.69. The van der Waals surface area contributed by atoms with E-state index in [0.717, 1.165) is 23.4 Å². The van der Waals surface area contributed by atoms with E-state index in [4.69, 9.17) is 0 Å². The van der Waals surface area contributed by atoms with E-state index in [2.05, 4.69) is 15.3 Å². The molecule has 0 atom stereocenters. The number of imide groups is 1. The zero-order chi connectivity index (χ0) is 15.5. The van der Waals surface area contributed by atoms with Crippen LogP contribution in [0.25, 0.3) is 0 Å². The summed E-state index contributed by atoms with van der Waals surface area (Å²) < 4.78 is 0. The average Bonchev–Trinajstić information content (AvgIpc) is 2.88. The lowest BCUT2D eigenvalue weighted by Gasteiger charge is -2.32. The van der Waals surface area contributed by atoms with Crippen LogP contribution in [0.2, 0.25) is 0 Å². The standard InChI is InChI=1S/C14H17N5O3/c20-12-8-17-14(22)19(12)9-13(21)18-5-1-10(2-6-18)11-7-15-3-4-16-11/h3-4,7,10H,1-2,5-6,8-9H2,(H,17,22). The number of nitrogens with zero attached hydrogens (tertiary/aromatic N) is 4. The van der Waals surface area contributed by atoms with Crippen molar-refractivity contribution in [3.05, 3.63) is 24.3 Å². The minimum absolute atomic E-state index is 0.0269. The number of piperidine rings is 1. The van der Waals surface area contributed by atoms with E-state index in [9.17, 15) is 14.4 Å². The first-order chi connectivity index (χ1) is 10.6. The van der Waals surface area contributed by atoms with Crippen molar-refractivity contribution in [3.8, 4) is 0 Å². The van der Waals surface area contributed by atoms with Gasteiger partial charge in [0.05, 0.1) is 12.2 Å². The second-order valence-electron chi connectivity index (χ2n) is 5.42. The Labute approximate surface area is 127 Å². The summed E-state index contributed by atoms with van der Waals surface area (Å²) in [7, 11) is 0. The summed E-state index contributed by atoms with van der Waals surface area (Å²) in [6.45, 7) is 0.995. The lowest BCUT2D eigenvalue weighted by atomic mass is 9.94. The Morgan fingerprint density at radius 3 is 2.64 bits per heavy atom. The fourth-order valence-corrected chi connectivity index (χ4v) is 2.80. The summed E-state index contributed by atoms with van der Waals surface area (Å²) in [6, 6.07) is -0.493. The predicted molar refractivity (Wildman–Crippen MR) is 75.7 cm³/mol. The Balaban J connectivity index is 1.54. The molecule has 3 rings (SSSR count). The number of hydrogen-bond acceptors (Lipinski definition) is 5. The number of rotatable bonds is 3. The third-order valence-electron chi connectivity index (χ3n) is 4.08. The van der Waals surface area contributed by atoms with Gasteiger partial charge in [-0.15, -0.1) is 0 Å². The van der Waals surface area contributed by atoms with E-state index in [0.29, 0.717) is 19.0 Å². The van der Waals surface area contributed by atoms with E-state index in [-0.39, 0.29) is 24.9 Å². The molecule has 1 aromatic heterocycles. The molecule has 116 valence electrons. The SMILES string of the molecule is O=C(CN1C(=O)CNC1=O)N1CCC(c2cnccn2)CC1. The van der Waals surface area contributed by atoms with Gasteiger partial charge in [-0.3, -0.25) is 24.5 Å². The van der Waals surface area contributed by atoms with Gasteiger partial charge >= 0.3 is 6.03 Å². The molecule has 3 heterocycles. The fourth-order valence-electron chi connectivity index (χ4n) is 2.80. The first-order valence-electron chi connectivity index (χ1n) is 7.27. The van der Waals surface area contributed by atoms with Crippen LogP contribution in [0.15, 0.2) is 18.6 Å². The largest absolute Gasteiger partial charge is 0.341 e. The van der Waals surface area contributed by atoms with E-state index in [1.165, 1.54) is 0 Å². The van der Waals surface area contributed by atoms with Crippen molar-refractivity contribution < 1.29 is 14.4 Å². The molecule has 2 aliphatic rings. The number of hydrogen-bond donors (Lipinski definition) is 1. The summed E-state index contributed by atoms with van der Waals surface area (Å²) >= 11 is 0. The number of carbonyl (C=O) groups is 3. The van der Waals surface area contributed by atoms with Gasteiger partial charge in [-0.2, -0.15) is 0 Å². The topological polar surface area (TPSA) is 95.5 Å². The smallest absolute Gasteiger partial charge is 0.325 e. The second-order valence-corrected chi connectivity index (χ2v) is 5.42. The maximum Gasteiger partial charge on any atom is 0.325 e. The van der Waals surface area contributed by atoms with E-state index in [1.54, 1.807) is 23.5 Å². The summed E-state index contributed by atoms with van der Waals surface area (Å²) in [5.41, 5.74) is 0.948. The van der Waals surface area contributed by atoms with Crippen LogP contribution in [0.1, 0.15) is 24.5 Å². The highest BCUT2D eigenvalue weighted by atomic mass is 16.2. The van der Waals surface area contributed by atoms with Crippen molar-refractivity contribution in [2.45, 2.75) is 18.8 Å². The first-order valence-corrected chi connectivity index (χ1v) is 7.27. The van der Waals surface area contributed by atoms with E-state index < -0.39 is 6.03 Å². The van der Waals surface area contributed by atoms with E-state index in [1.807, 2.05) is 0 Å². The van der Waals surface area contributed by atoms with Gasteiger partial charge in [0.25, 0.3) is 5.91 Å². The summed E-state index contributed by atoms with van der Waals surface area (Å²) in [4.78, 5) is 46.2. The number of nitrogens with one attached hydrogen (secondary N) is 1. The van der Waals surface area contributed by atoms with Gasteiger partial charge in [0.2, 0.25) is 5.91 Å². The van der Waals surface area contributed by atoms with Crippen LogP contribution in [-0.2, 0) is 9.59 Å².